The summed E-state index contributed by atoms with van der Waals surface area (Å²) in [5, 5.41) is 0.439. The van der Waals surface area contributed by atoms with Gasteiger partial charge in [0.2, 0.25) is 0 Å². The quantitative estimate of drug-likeness (QED) is 0.375. The van der Waals surface area contributed by atoms with Gasteiger partial charge in [-0.2, -0.15) is 0 Å². The molecule has 0 spiro atoms. The van der Waals surface area contributed by atoms with Gasteiger partial charge in [0, 0.05) is 5.02 Å². The summed E-state index contributed by atoms with van der Waals surface area (Å²) in [6.07, 6.45) is 1.76. The lowest BCUT2D eigenvalue weighted by Crippen LogP contribution is -2.40. The molecule has 2 heterocycles. The topological polar surface area (TPSA) is 79.1 Å². The normalized spacial score (nSPS) is 15.4. The fraction of sp³-hybridized carbons (Fsp3) is 0.269. The van der Waals surface area contributed by atoms with Gasteiger partial charge in [-0.1, -0.05) is 41.1 Å². The third kappa shape index (κ3) is 4.87. The minimum absolute atomic E-state index is 0.198. The zero-order chi connectivity index (χ0) is 26.0. The zero-order valence-electron chi connectivity index (χ0n) is 20.1. The van der Waals surface area contributed by atoms with Crippen LogP contribution in [0.4, 0.5) is 0 Å². The number of methoxy groups -OCH3 is 1. The Kier molecular flexibility index (Phi) is 8.02. The number of allylic oxidation sites excluding steroid dienone is 1. The Morgan fingerprint density at radius 1 is 1.25 bits per heavy atom. The molecule has 0 radical (unpaired) electrons. The number of ether oxygens (including phenoxy) is 3. The molecule has 2 aromatic carbocycles. The van der Waals surface area contributed by atoms with Crippen LogP contribution < -0.4 is 24.4 Å². The van der Waals surface area contributed by atoms with E-state index < -0.39 is 12.0 Å². The van der Waals surface area contributed by atoms with Crippen molar-refractivity contribution in [3.8, 4) is 11.5 Å². The molecule has 7 nitrogen and oxygen atoms in total. The SMILES string of the molecule is CCOC(=O)C1=C(C)N=c2sc(=Cc3cc(Br)c(OCC)c(OC)c3)c(=O)n2C1c1ccccc1Cl. The van der Waals surface area contributed by atoms with Gasteiger partial charge in [0.05, 0.1) is 40.6 Å². The zero-order valence-corrected chi connectivity index (χ0v) is 23.3. The lowest BCUT2D eigenvalue weighted by molar-refractivity contribution is -0.139. The number of carbonyl (C=O) groups is 1. The molecule has 1 aliphatic rings. The summed E-state index contributed by atoms with van der Waals surface area (Å²) in [5.41, 5.74) is 1.84. The number of esters is 1. The molecule has 10 heteroatoms. The minimum atomic E-state index is -0.766. The van der Waals surface area contributed by atoms with Crippen molar-refractivity contribution < 1.29 is 19.0 Å². The van der Waals surface area contributed by atoms with Crippen molar-refractivity contribution in [3.05, 3.63) is 88.0 Å². The molecule has 0 saturated heterocycles. The minimum Gasteiger partial charge on any atom is -0.493 e. The summed E-state index contributed by atoms with van der Waals surface area (Å²) in [5.74, 6) is 0.602. The third-order valence-electron chi connectivity index (χ3n) is 5.56. The van der Waals surface area contributed by atoms with E-state index in [1.54, 1.807) is 51.3 Å². The number of nitrogens with zero attached hydrogens (tertiary/aromatic N) is 2. The summed E-state index contributed by atoms with van der Waals surface area (Å²) in [6, 6.07) is 10.0. The fourth-order valence-corrected chi connectivity index (χ4v) is 5.90. The van der Waals surface area contributed by atoms with Crippen LogP contribution in [0.3, 0.4) is 0 Å². The summed E-state index contributed by atoms with van der Waals surface area (Å²) in [6.45, 7) is 6.04. The van der Waals surface area contributed by atoms with E-state index in [0.717, 1.165) is 5.56 Å². The van der Waals surface area contributed by atoms with Crippen LogP contribution in [0, 0.1) is 0 Å². The Labute approximate surface area is 225 Å². The first-order valence-electron chi connectivity index (χ1n) is 11.2. The number of hydrogen-bond acceptors (Lipinski definition) is 7. The van der Waals surface area contributed by atoms with Gasteiger partial charge in [-0.05, 0) is 72.1 Å². The highest BCUT2D eigenvalue weighted by Gasteiger charge is 2.34. The van der Waals surface area contributed by atoms with Crippen LogP contribution >= 0.6 is 38.9 Å². The second-order valence-electron chi connectivity index (χ2n) is 7.79. The highest BCUT2D eigenvalue weighted by atomic mass is 79.9. The Balaban J connectivity index is 1.94. The number of halogens is 2. The molecule has 1 aliphatic heterocycles. The maximum absolute atomic E-state index is 13.8. The molecular weight excluding hydrogens is 568 g/mol. The maximum atomic E-state index is 13.8. The first-order chi connectivity index (χ1) is 17.3. The van der Waals surface area contributed by atoms with Crippen molar-refractivity contribution in [1.29, 1.82) is 0 Å². The molecule has 3 aromatic rings. The van der Waals surface area contributed by atoms with Gasteiger partial charge in [-0.25, -0.2) is 9.79 Å². The molecule has 0 N–H and O–H groups in total. The van der Waals surface area contributed by atoms with Crippen LogP contribution in [0.25, 0.3) is 6.08 Å². The van der Waals surface area contributed by atoms with Gasteiger partial charge >= 0.3 is 5.97 Å². The van der Waals surface area contributed by atoms with Crippen LogP contribution in [0.1, 0.15) is 37.9 Å². The first-order valence-corrected chi connectivity index (χ1v) is 13.2. The number of hydrogen-bond donors (Lipinski definition) is 0. The molecule has 0 amide bonds. The molecular formula is C26H24BrClN2O5S. The molecule has 36 heavy (non-hydrogen) atoms. The van der Waals surface area contributed by atoms with E-state index in [9.17, 15) is 9.59 Å². The number of thiazole rings is 1. The second kappa shape index (κ2) is 11.0. The number of aromatic nitrogens is 1. The maximum Gasteiger partial charge on any atom is 0.338 e. The summed E-state index contributed by atoms with van der Waals surface area (Å²) in [4.78, 5) is 31.8. The van der Waals surface area contributed by atoms with E-state index in [0.29, 0.717) is 48.2 Å². The molecule has 0 saturated carbocycles. The van der Waals surface area contributed by atoms with E-state index >= 15 is 0 Å². The van der Waals surface area contributed by atoms with Crippen molar-refractivity contribution in [2.75, 3.05) is 20.3 Å². The van der Waals surface area contributed by atoms with Crippen LogP contribution in [-0.4, -0.2) is 30.9 Å². The summed E-state index contributed by atoms with van der Waals surface area (Å²) in [7, 11) is 1.56. The number of fused-ring (bicyclic) bond motifs is 1. The van der Waals surface area contributed by atoms with E-state index in [-0.39, 0.29) is 17.7 Å². The van der Waals surface area contributed by atoms with Crippen LogP contribution in [-0.2, 0) is 9.53 Å². The van der Waals surface area contributed by atoms with Crippen molar-refractivity contribution in [2.24, 2.45) is 4.99 Å². The predicted octanol–water partition coefficient (Wildman–Crippen LogP) is 4.62. The standard InChI is InChI=1S/C26H24BrClN2O5S/c1-5-34-23-17(27)11-15(12-19(23)33-4)13-20-24(31)30-22(16-9-7-8-10-18(16)28)21(25(32)35-6-2)14(3)29-26(30)36-20/h7-13,22H,5-6H2,1-4H3. The Bertz CT molecular complexity index is 1540. The lowest BCUT2D eigenvalue weighted by Gasteiger charge is -2.25. The van der Waals surface area contributed by atoms with Gasteiger partial charge in [-0.3, -0.25) is 9.36 Å². The van der Waals surface area contributed by atoms with Crippen LogP contribution in [0.5, 0.6) is 11.5 Å². The second-order valence-corrected chi connectivity index (χ2v) is 10.1. The molecule has 188 valence electrons. The van der Waals surface area contributed by atoms with Gasteiger partial charge in [0.15, 0.2) is 16.3 Å². The van der Waals surface area contributed by atoms with Crippen molar-refractivity contribution in [2.45, 2.75) is 26.8 Å². The van der Waals surface area contributed by atoms with Gasteiger partial charge in [0.1, 0.15) is 6.04 Å². The van der Waals surface area contributed by atoms with Gasteiger partial charge in [-0.15, -0.1) is 0 Å². The molecule has 0 fully saturated rings. The average molecular weight is 592 g/mol. The Morgan fingerprint density at radius 3 is 2.67 bits per heavy atom. The predicted molar refractivity (Wildman–Crippen MR) is 144 cm³/mol. The fourth-order valence-electron chi connectivity index (χ4n) is 4.04. The van der Waals surface area contributed by atoms with Crippen LogP contribution in [0.2, 0.25) is 5.02 Å². The average Bonchev–Trinajstić information content (AvgIpc) is 3.14. The highest BCUT2D eigenvalue weighted by Crippen LogP contribution is 2.37. The van der Waals surface area contributed by atoms with Crippen molar-refractivity contribution in [1.82, 2.24) is 4.57 Å². The first kappa shape index (κ1) is 26.2. The molecule has 1 atom stereocenters. The monoisotopic (exact) mass is 590 g/mol. The smallest absolute Gasteiger partial charge is 0.338 e. The summed E-state index contributed by atoms with van der Waals surface area (Å²) < 4.78 is 19.1. The Morgan fingerprint density at radius 2 is 2.00 bits per heavy atom. The molecule has 0 bridgehead atoms. The van der Waals surface area contributed by atoms with Crippen LogP contribution in [0.15, 0.2) is 61.9 Å². The number of benzene rings is 2. The molecule has 0 aliphatic carbocycles. The highest BCUT2D eigenvalue weighted by molar-refractivity contribution is 9.10. The molecule has 1 unspecified atom stereocenters. The van der Waals surface area contributed by atoms with Crippen molar-refractivity contribution >= 4 is 50.9 Å². The third-order valence-corrected chi connectivity index (χ3v) is 7.47. The van der Waals surface area contributed by atoms with E-state index in [2.05, 4.69) is 20.9 Å². The number of rotatable bonds is 7. The largest absolute Gasteiger partial charge is 0.493 e. The van der Waals surface area contributed by atoms with E-state index in [1.165, 1.54) is 15.9 Å². The summed E-state index contributed by atoms with van der Waals surface area (Å²) >= 11 is 11.3. The van der Waals surface area contributed by atoms with Gasteiger partial charge < -0.3 is 14.2 Å². The Hall–Kier alpha value is -2.88. The van der Waals surface area contributed by atoms with E-state index in [1.807, 2.05) is 19.1 Å². The number of carbonyl (C=O) groups excluding carboxylic acids is 1. The molecule has 4 rings (SSSR count). The van der Waals surface area contributed by atoms with E-state index in [4.69, 9.17) is 25.8 Å². The van der Waals surface area contributed by atoms with Gasteiger partial charge in [0.25, 0.3) is 5.56 Å². The lowest BCUT2D eigenvalue weighted by atomic mass is 9.96. The van der Waals surface area contributed by atoms with Crippen molar-refractivity contribution in [3.63, 3.8) is 0 Å². The molecule has 1 aromatic heterocycles.